The average Bonchev–Trinajstić information content (AvgIpc) is 2.63. The van der Waals surface area contributed by atoms with Gasteiger partial charge in [0, 0.05) is 11.8 Å². The lowest BCUT2D eigenvalue weighted by Crippen LogP contribution is -2.21. The number of benzene rings is 2. The number of halogens is 2. The lowest BCUT2D eigenvalue weighted by molar-refractivity contribution is -0.119. The highest BCUT2D eigenvalue weighted by molar-refractivity contribution is 5.96. The molecule has 0 unspecified atom stereocenters. The number of nitriles is 1. The lowest BCUT2D eigenvalue weighted by atomic mass is 10.2. The summed E-state index contributed by atoms with van der Waals surface area (Å²) in [6.45, 7) is -0.699. The molecule has 0 bridgehead atoms. The van der Waals surface area contributed by atoms with Crippen LogP contribution in [0.5, 0.6) is 0 Å². The SMILES string of the molecule is N#CCC(=O)Nc1ccc(C(=O)OCC(=O)Nc2cc(F)ccc2F)cc1. The van der Waals surface area contributed by atoms with Crippen LogP contribution in [0.4, 0.5) is 20.2 Å². The van der Waals surface area contributed by atoms with Crippen molar-refractivity contribution in [1.82, 2.24) is 0 Å². The van der Waals surface area contributed by atoms with Gasteiger partial charge in [0.05, 0.1) is 17.3 Å². The van der Waals surface area contributed by atoms with Gasteiger partial charge in [-0.2, -0.15) is 5.26 Å². The summed E-state index contributed by atoms with van der Waals surface area (Å²) in [6, 6.07) is 9.82. The van der Waals surface area contributed by atoms with Gasteiger partial charge in [0.15, 0.2) is 6.61 Å². The van der Waals surface area contributed by atoms with Gasteiger partial charge in [0.1, 0.15) is 18.1 Å². The third kappa shape index (κ3) is 5.89. The molecule has 0 saturated heterocycles. The monoisotopic (exact) mass is 373 g/mol. The summed E-state index contributed by atoms with van der Waals surface area (Å²) in [5.74, 6) is -3.71. The minimum absolute atomic E-state index is 0.109. The Kier molecular flexibility index (Phi) is 6.55. The minimum Gasteiger partial charge on any atom is -0.452 e. The molecule has 0 aliphatic carbocycles. The zero-order valence-corrected chi connectivity index (χ0v) is 13.8. The van der Waals surface area contributed by atoms with Crippen LogP contribution in [0.1, 0.15) is 16.8 Å². The Morgan fingerprint density at radius 3 is 2.37 bits per heavy atom. The maximum Gasteiger partial charge on any atom is 0.338 e. The highest BCUT2D eigenvalue weighted by Gasteiger charge is 2.13. The third-order valence-corrected chi connectivity index (χ3v) is 3.18. The minimum atomic E-state index is -0.840. The molecule has 0 fully saturated rings. The normalized spacial score (nSPS) is 9.81. The smallest absolute Gasteiger partial charge is 0.338 e. The first-order valence-corrected chi connectivity index (χ1v) is 7.58. The molecule has 0 aliphatic heterocycles. The molecule has 2 amide bonds. The maximum atomic E-state index is 13.4. The second-order valence-corrected chi connectivity index (χ2v) is 5.21. The number of hydrogen-bond acceptors (Lipinski definition) is 5. The summed E-state index contributed by atoms with van der Waals surface area (Å²) in [5, 5.41) is 13.0. The van der Waals surface area contributed by atoms with Gasteiger partial charge in [-0.05, 0) is 36.4 Å². The van der Waals surface area contributed by atoms with Gasteiger partial charge in [-0.25, -0.2) is 13.6 Å². The summed E-state index contributed by atoms with van der Waals surface area (Å²) >= 11 is 0. The molecule has 0 heterocycles. The molecule has 7 nitrogen and oxygen atoms in total. The predicted molar refractivity (Wildman–Crippen MR) is 90.6 cm³/mol. The standard InChI is InChI=1S/C18H13F2N3O4/c19-12-3-6-14(20)15(9-12)23-17(25)10-27-18(26)11-1-4-13(5-2-11)22-16(24)7-8-21/h1-6,9H,7,10H2,(H,22,24)(H,23,25). The fourth-order valence-corrected chi connectivity index (χ4v) is 1.96. The summed E-state index contributed by atoms with van der Waals surface area (Å²) in [7, 11) is 0. The maximum absolute atomic E-state index is 13.4. The molecule has 0 atom stereocenters. The molecule has 2 aromatic rings. The van der Waals surface area contributed by atoms with E-state index in [4.69, 9.17) is 10.00 Å². The van der Waals surface area contributed by atoms with E-state index in [9.17, 15) is 23.2 Å². The van der Waals surface area contributed by atoms with Crippen molar-refractivity contribution in [3.8, 4) is 6.07 Å². The first kappa shape index (κ1) is 19.5. The number of carbonyl (C=O) groups is 3. The molecule has 0 spiro atoms. The number of anilines is 2. The first-order chi connectivity index (χ1) is 12.9. The number of esters is 1. The van der Waals surface area contributed by atoms with E-state index in [1.807, 2.05) is 0 Å². The van der Waals surface area contributed by atoms with Gasteiger partial charge in [-0.15, -0.1) is 0 Å². The van der Waals surface area contributed by atoms with E-state index in [1.165, 1.54) is 24.3 Å². The summed E-state index contributed by atoms with van der Waals surface area (Å²) in [5.41, 5.74) is 0.123. The van der Waals surface area contributed by atoms with Crippen LogP contribution < -0.4 is 10.6 Å². The Bertz CT molecular complexity index is 908. The Morgan fingerprint density at radius 1 is 1.00 bits per heavy atom. The summed E-state index contributed by atoms with van der Waals surface area (Å²) in [4.78, 5) is 34.9. The summed E-state index contributed by atoms with van der Waals surface area (Å²) in [6.07, 6.45) is -0.301. The molecule has 138 valence electrons. The van der Waals surface area contributed by atoms with Crippen LogP contribution >= 0.6 is 0 Å². The van der Waals surface area contributed by atoms with Crippen LogP contribution in [0.25, 0.3) is 0 Å². The van der Waals surface area contributed by atoms with Crippen molar-refractivity contribution in [1.29, 1.82) is 5.26 Å². The molecule has 27 heavy (non-hydrogen) atoms. The fraction of sp³-hybridized carbons (Fsp3) is 0.111. The molecule has 0 radical (unpaired) electrons. The topological polar surface area (TPSA) is 108 Å². The van der Waals surface area contributed by atoms with Gasteiger partial charge in [-0.1, -0.05) is 0 Å². The van der Waals surface area contributed by atoms with Crippen molar-refractivity contribution in [3.63, 3.8) is 0 Å². The number of rotatable bonds is 6. The van der Waals surface area contributed by atoms with E-state index in [2.05, 4.69) is 10.6 Å². The van der Waals surface area contributed by atoms with Crippen LogP contribution in [0.3, 0.4) is 0 Å². The van der Waals surface area contributed by atoms with E-state index < -0.39 is 36.0 Å². The van der Waals surface area contributed by atoms with Crippen LogP contribution in [0.15, 0.2) is 42.5 Å². The quantitative estimate of drug-likeness (QED) is 0.757. The molecule has 0 saturated carbocycles. The predicted octanol–water partition coefficient (Wildman–Crippen LogP) is 2.61. The zero-order chi connectivity index (χ0) is 19.8. The van der Waals surface area contributed by atoms with E-state index in [-0.39, 0.29) is 17.7 Å². The van der Waals surface area contributed by atoms with Crippen LogP contribution in [-0.4, -0.2) is 24.4 Å². The van der Waals surface area contributed by atoms with Crippen LogP contribution in [0.2, 0.25) is 0 Å². The van der Waals surface area contributed by atoms with Gasteiger partial charge in [-0.3, -0.25) is 9.59 Å². The third-order valence-electron chi connectivity index (χ3n) is 3.18. The number of carbonyl (C=O) groups excluding carboxylic acids is 3. The largest absolute Gasteiger partial charge is 0.452 e. The Balaban J connectivity index is 1.88. The Hall–Kier alpha value is -3.80. The molecule has 2 rings (SSSR count). The van der Waals surface area contributed by atoms with Crippen molar-refractivity contribution in [3.05, 3.63) is 59.7 Å². The molecule has 9 heteroatoms. The van der Waals surface area contributed by atoms with Crippen molar-refractivity contribution in [2.45, 2.75) is 6.42 Å². The second-order valence-electron chi connectivity index (χ2n) is 5.21. The van der Waals surface area contributed by atoms with E-state index in [0.717, 1.165) is 18.2 Å². The lowest BCUT2D eigenvalue weighted by Gasteiger charge is -2.08. The highest BCUT2D eigenvalue weighted by atomic mass is 19.1. The average molecular weight is 373 g/mol. The van der Waals surface area contributed by atoms with Crippen LogP contribution in [-0.2, 0) is 14.3 Å². The Labute approximate surface area is 152 Å². The summed E-state index contributed by atoms with van der Waals surface area (Å²) < 4.78 is 31.3. The highest BCUT2D eigenvalue weighted by Crippen LogP contribution is 2.15. The molecular formula is C18H13F2N3O4. The fourth-order valence-electron chi connectivity index (χ4n) is 1.96. The number of ether oxygens (including phenoxy) is 1. The van der Waals surface area contributed by atoms with Gasteiger partial charge in [0.25, 0.3) is 5.91 Å². The van der Waals surface area contributed by atoms with Crippen molar-refractivity contribution < 1.29 is 27.9 Å². The van der Waals surface area contributed by atoms with Crippen molar-refractivity contribution in [2.75, 3.05) is 17.2 Å². The van der Waals surface area contributed by atoms with E-state index in [0.29, 0.717) is 5.69 Å². The van der Waals surface area contributed by atoms with Crippen LogP contribution in [0, 0.1) is 23.0 Å². The number of nitrogens with zero attached hydrogens (tertiary/aromatic N) is 1. The van der Waals surface area contributed by atoms with Crippen molar-refractivity contribution >= 4 is 29.2 Å². The van der Waals surface area contributed by atoms with Gasteiger partial charge < -0.3 is 15.4 Å². The van der Waals surface area contributed by atoms with E-state index in [1.54, 1.807) is 6.07 Å². The number of hydrogen-bond donors (Lipinski definition) is 2. The van der Waals surface area contributed by atoms with Crippen molar-refractivity contribution in [2.24, 2.45) is 0 Å². The molecule has 2 aromatic carbocycles. The second kappa shape index (κ2) is 9.05. The number of nitrogens with one attached hydrogen (secondary N) is 2. The molecule has 2 N–H and O–H groups in total. The first-order valence-electron chi connectivity index (χ1n) is 7.58. The molecule has 0 aromatic heterocycles. The number of amides is 2. The Morgan fingerprint density at radius 2 is 1.70 bits per heavy atom. The van der Waals surface area contributed by atoms with Gasteiger partial charge >= 0.3 is 5.97 Å². The van der Waals surface area contributed by atoms with Gasteiger partial charge in [0.2, 0.25) is 5.91 Å². The molecule has 0 aliphatic rings. The molecular weight excluding hydrogens is 360 g/mol. The zero-order valence-electron chi connectivity index (χ0n) is 13.8. The van der Waals surface area contributed by atoms with E-state index >= 15 is 0 Å².